The Bertz CT molecular complexity index is 1290. The third-order valence-electron chi connectivity index (χ3n) is 5.05. The molecule has 0 aliphatic carbocycles. The first kappa shape index (κ1) is 22.7. The van der Waals surface area contributed by atoms with Crippen molar-refractivity contribution in [2.24, 2.45) is 0 Å². The van der Waals surface area contributed by atoms with Crippen LogP contribution in [0.25, 0.3) is 11.3 Å². The molecule has 0 fully saturated rings. The summed E-state index contributed by atoms with van der Waals surface area (Å²) in [6.45, 7) is 0.240. The molecule has 1 amide bonds. The summed E-state index contributed by atoms with van der Waals surface area (Å²) in [4.78, 5) is 29.1. The van der Waals surface area contributed by atoms with Crippen molar-refractivity contribution in [3.8, 4) is 22.8 Å². The number of ether oxygens (including phenoxy) is 2. The number of hydrogen-bond acceptors (Lipinski definition) is 5. The molecular formula is C27H21FN2O4. The highest BCUT2D eigenvalue weighted by Gasteiger charge is 2.16. The molecule has 4 rings (SSSR count). The van der Waals surface area contributed by atoms with E-state index in [-0.39, 0.29) is 18.3 Å². The van der Waals surface area contributed by atoms with Crippen molar-refractivity contribution in [3.05, 3.63) is 114 Å². The molecule has 170 valence electrons. The molecule has 3 aromatic carbocycles. The van der Waals surface area contributed by atoms with Gasteiger partial charge in [0.15, 0.2) is 0 Å². The van der Waals surface area contributed by atoms with Crippen LogP contribution in [0.15, 0.2) is 91.1 Å². The molecule has 0 bridgehead atoms. The number of esters is 1. The number of carbonyl (C=O) groups excluding carboxylic acids is 2. The molecular weight excluding hydrogens is 435 g/mol. The topological polar surface area (TPSA) is 77.5 Å². The van der Waals surface area contributed by atoms with Crippen LogP contribution in [0, 0.1) is 5.82 Å². The monoisotopic (exact) mass is 456 g/mol. The molecule has 0 atom stereocenters. The number of amides is 1. The van der Waals surface area contributed by atoms with E-state index in [9.17, 15) is 14.0 Å². The van der Waals surface area contributed by atoms with Crippen molar-refractivity contribution in [1.82, 2.24) is 10.3 Å². The molecule has 1 N–H and O–H groups in total. The van der Waals surface area contributed by atoms with E-state index in [1.807, 2.05) is 24.3 Å². The van der Waals surface area contributed by atoms with Crippen molar-refractivity contribution in [2.45, 2.75) is 6.54 Å². The molecule has 0 aliphatic heterocycles. The Kier molecular flexibility index (Phi) is 6.93. The first-order valence-electron chi connectivity index (χ1n) is 10.5. The number of nitrogens with one attached hydrogen (secondary N) is 1. The van der Waals surface area contributed by atoms with Crippen molar-refractivity contribution in [1.29, 1.82) is 0 Å². The summed E-state index contributed by atoms with van der Waals surface area (Å²) in [6.07, 6.45) is 1.68. The van der Waals surface area contributed by atoms with Gasteiger partial charge in [-0.05, 0) is 72.3 Å². The van der Waals surface area contributed by atoms with Crippen molar-refractivity contribution >= 4 is 11.9 Å². The maximum atomic E-state index is 13.3. The number of pyridine rings is 1. The largest absolute Gasteiger partial charge is 0.465 e. The van der Waals surface area contributed by atoms with E-state index in [2.05, 4.69) is 10.3 Å². The van der Waals surface area contributed by atoms with Crippen LogP contribution in [0.1, 0.15) is 26.3 Å². The highest BCUT2D eigenvalue weighted by molar-refractivity contribution is 5.98. The van der Waals surface area contributed by atoms with Gasteiger partial charge in [-0.25, -0.2) is 9.18 Å². The molecule has 1 heterocycles. The number of halogens is 1. The zero-order valence-corrected chi connectivity index (χ0v) is 18.3. The van der Waals surface area contributed by atoms with Crippen LogP contribution in [-0.2, 0) is 11.3 Å². The van der Waals surface area contributed by atoms with E-state index < -0.39 is 5.97 Å². The maximum absolute atomic E-state index is 13.3. The molecule has 0 saturated carbocycles. The average Bonchev–Trinajstić information content (AvgIpc) is 2.89. The second kappa shape index (κ2) is 10.4. The number of carbonyl (C=O) groups is 2. The number of hydrogen-bond donors (Lipinski definition) is 1. The fraction of sp³-hybridized carbons (Fsp3) is 0.0741. The summed E-state index contributed by atoms with van der Waals surface area (Å²) in [5.74, 6) is -0.435. The molecule has 7 heteroatoms. The van der Waals surface area contributed by atoms with E-state index in [0.29, 0.717) is 28.3 Å². The number of nitrogens with zero attached hydrogens (tertiary/aromatic N) is 1. The Hall–Kier alpha value is -4.52. The summed E-state index contributed by atoms with van der Waals surface area (Å²) in [5.41, 5.74) is 3.00. The molecule has 0 unspecified atom stereocenters. The quantitative estimate of drug-likeness (QED) is 0.377. The number of aromatic nitrogens is 1. The van der Waals surface area contributed by atoms with Crippen LogP contribution >= 0.6 is 0 Å². The highest BCUT2D eigenvalue weighted by Crippen LogP contribution is 2.30. The SMILES string of the molecule is COC(=O)c1ccc(CNC(=O)c2cc(-c3ccccn3)ccc2Oc2ccc(F)cc2)cc1. The lowest BCUT2D eigenvalue weighted by Gasteiger charge is -2.13. The average molecular weight is 456 g/mol. The van der Waals surface area contributed by atoms with E-state index in [0.717, 1.165) is 11.1 Å². The van der Waals surface area contributed by atoms with Crippen LogP contribution < -0.4 is 10.1 Å². The highest BCUT2D eigenvalue weighted by atomic mass is 19.1. The second-order valence-electron chi connectivity index (χ2n) is 7.35. The third-order valence-corrected chi connectivity index (χ3v) is 5.05. The van der Waals surface area contributed by atoms with Gasteiger partial charge in [0.25, 0.3) is 5.91 Å². The van der Waals surface area contributed by atoms with Gasteiger partial charge in [-0.15, -0.1) is 0 Å². The Morgan fingerprint density at radius 1 is 0.941 bits per heavy atom. The smallest absolute Gasteiger partial charge is 0.337 e. The normalized spacial score (nSPS) is 10.4. The molecule has 34 heavy (non-hydrogen) atoms. The predicted octanol–water partition coefficient (Wildman–Crippen LogP) is 5.40. The van der Waals surface area contributed by atoms with Crippen molar-refractivity contribution in [2.75, 3.05) is 7.11 Å². The second-order valence-corrected chi connectivity index (χ2v) is 7.35. The molecule has 4 aromatic rings. The van der Waals surface area contributed by atoms with Gasteiger partial charge in [0.1, 0.15) is 17.3 Å². The van der Waals surface area contributed by atoms with Gasteiger partial charge < -0.3 is 14.8 Å². The van der Waals surface area contributed by atoms with Crippen LogP contribution in [0.5, 0.6) is 11.5 Å². The fourth-order valence-electron chi connectivity index (χ4n) is 3.27. The van der Waals surface area contributed by atoms with E-state index in [1.54, 1.807) is 42.6 Å². The zero-order chi connectivity index (χ0) is 23.9. The van der Waals surface area contributed by atoms with Crippen molar-refractivity contribution < 1.29 is 23.5 Å². The van der Waals surface area contributed by atoms with Gasteiger partial charge in [-0.3, -0.25) is 9.78 Å². The van der Waals surface area contributed by atoms with Gasteiger partial charge in [-0.2, -0.15) is 0 Å². The summed E-state index contributed by atoms with van der Waals surface area (Å²) in [7, 11) is 1.32. The first-order valence-corrected chi connectivity index (χ1v) is 10.5. The minimum atomic E-state index is -0.426. The van der Waals surface area contributed by atoms with Gasteiger partial charge in [-0.1, -0.05) is 18.2 Å². The zero-order valence-electron chi connectivity index (χ0n) is 18.3. The Balaban J connectivity index is 1.58. The van der Waals surface area contributed by atoms with Crippen LogP contribution in [0.4, 0.5) is 4.39 Å². The lowest BCUT2D eigenvalue weighted by atomic mass is 10.1. The van der Waals surface area contributed by atoms with Crippen LogP contribution in [0.2, 0.25) is 0 Å². The van der Waals surface area contributed by atoms with Gasteiger partial charge in [0, 0.05) is 18.3 Å². The molecule has 0 spiro atoms. The summed E-state index contributed by atoms with van der Waals surface area (Å²) in [6, 6.07) is 23.0. The standard InChI is InChI=1S/C27H21FN2O4/c1-33-27(32)19-7-5-18(6-8-19)17-30-26(31)23-16-20(24-4-2-3-15-29-24)9-14-25(23)34-22-12-10-21(28)11-13-22/h2-16H,17H2,1H3,(H,30,31). The fourth-order valence-corrected chi connectivity index (χ4v) is 3.27. The number of rotatable bonds is 7. The third kappa shape index (κ3) is 5.45. The molecule has 1 aromatic heterocycles. The maximum Gasteiger partial charge on any atom is 0.337 e. The van der Waals surface area contributed by atoms with Gasteiger partial charge >= 0.3 is 5.97 Å². The van der Waals surface area contributed by atoms with E-state index in [1.165, 1.54) is 31.4 Å². The summed E-state index contributed by atoms with van der Waals surface area (Å²) < 4.78 is 23.9. The van der Waals surface area contributed by atoms with E-state index >= 15 is 0 Å². The number of benzene rings is 3. The Morgan fingerprint density at radius 3 is 2.38 bits per heavy atom. The van der Waals surface area contributed by atoms with Crippen molar-refractivity contribution in [3.63, 3.8) is 0 Å². The van der Waals surface area contributed by atoms with Gasteiger partial charge in [0.2, 0.25) is 0 Å². The molecule has 0 aliphatic rings. The number of methoxy groups -OCH3 is 1. The van der Waals surface area contributed by atoms with Crippen LogP contribution in [0.3, 0.4) is 0 Å². The molecule has 0 saturated heterocycles. The van der Waals surface area contributed by atoms with Crippen LogP contribution in [-0.4, -0.2) is 24.0 Å². The Morgan fingerprint density at radius 2 is 1.71 bits per heavy atom. The summed E-state index contributed by atoms with van der Waals surface area (Å²) in [5, 5.41) is 2.88. The van der Waals surface area contributed by atoms with Gasteiger partial charge in [0.05, 0.1) is 23.9 Å². The Labute approximate surface area is 196 Å². The lowest BCUT2D eigenvalue weighted by Crippen LogP contribution is -2.23. The summed E-state index contributed by atoms with van der Waals surface area (Å²) >= 11 is 0. The first-order chi connectivity index (χ1) is 16.5. The predicted molar refractivity (Wildman–Crippen MR) is 125 cm³/mol. The molecule has 0 radical (unpaired) electrons. The minimum Gasteiger partial charge on any atom is -0.465 e. The van der Waals surface area contributed by atoms with E-state index in [4.69, 9.17) is 9.47 Å². The lowest BCUT2D eigenvalue weighted by molar-refractivity contribution is 0.0600. The molecule has 6 nitrogen and oxygen atoms in total. The minimum absolute atomic E-state index is 0.240.